The van der Waals surface area contributed by atoms with Crippen molar-refractivity contribution in [3.05, 3.63) is 53.4 Å². The van der Waals surface area contributed by atoms with Crippen molar-refractivity contribution in [3.63, 3.8) is 0 Å². The third-order valence-corrected chi connectivity index (χ3v) is 3.31. The Hall–Kier alpha value is -2.14. The first-order valence-electron chi connectivity index (χ1n) is 5.98. The number of halogens is 1. The minimum Gasteiger partial charge on any atom is -0.497 e. The topological polar surface area (TPSA) is 44.2 Å². The van der Waals surface area contributed by atoms with Gasteiger partial charge in [-0.1, -0.05) is 0 Å². The van der Waals surface area contributed by atoms with Crippen molar-refractivity contribution < 1.29 is 9.47 Å². The molecule has 20 heavy (non-hydrogen) atoms. The number of pyridine rings is 2. The molecule has 1 aromatic carbocycles. The third-order valence-electron chi connectivity index (χ3n) is 2.84. The zero-order chi connectivity index (χ0) is 13.9. The maximum Gasteiger partial charge on any atom is 0.145 e. The standard InChI is InChI=1S/C15H11BrN2O2/c1-19-10-2-4-13-12(8-10)14(6-7-17-13)20-11-3-5-15(16)18-9-11/h2-9H,1H3. The molecule has 0 atom stereocenters. The number of hydrogen-bond acceptors (Lipinski definition) is 4. The molecule has 0 aliphatic rings. The van der Waals surface area contributed by atoms with E-state index in [0.717, 1.165) is 27.0 Å². The molecule has 0 N–H and O–H groups in total. The second-order valence-corrected chi connectivity index (χ2v) is 4.92. The van der Waals surface area contributed by atoms with Crippen molar-refractivity contribution in [1.82, 2.24) is 9.97 Å². The highest BCUT2D eigenvalue weighted by Crippen LogP contribution is 2.31. The third kappa shape index (κ3) is 2.58. The Kier molecular flexibility index (Phi) is 3.52. The van der Waals surface area contributed by atoms with Gasteiger partial charge in [0.05, 0.1) is 18.8 Å². The van der Waals surface area contributed by atoms with Crippen molar-refractivity contribution in [3.8, 4) is 17.2 Å². The lowest BCUT2D eigenvalue weighted by molar-refractivity contribution is 0.415. The Morgan fingerprint density at radius 2 is 1.85 bits per heavy atom. The van der Waals surface area contributed by atoms with E-state index >= 15 is 0 Å². The fourth-order valence-corrected chi connectivity index (χ4v) is 2.10. The first kappa shape index (κ1) is 12.9. The van der Waals surface area contributed by atoms with Crippen LogP contribution in [0.1, 0.15) is 0 Å². The van der Waals surface area contributed by atoms with Crippen molar-refractivity contribution >= 4 is 26.8 Å². The van der Waals surface area contributed by atoms with Gasteiger partial charge < -0.3 is 9.47 Å². The number of rotatable bonds is 3. The summed E-state index contributed by atoms with van der Waals surface area (Å²) in [5.41, 5.74) is 0.855. The Morgan fingerprint density at radius 3 is 2.60 bits per heavy atom. The molecule has 0 aliphatic carbocycles. The molecule has 4 nitrogen and oxygen atoms in total. The predicted octanol–water partition coefficient (Wildman–Crippen LogP) is 4.19. The smallest absolute Gasteiger partial charge is 0.145 e. The zero-order valence-electron chi connectivity index (χ0n) is 10.7. The summed E-state index contributed by atoms with van der Waals surface area (Å²) in [6, 6.07) is 11.2. The minimum atomic E-state index is 0.670. The van der Waals surface area contributed by atoms with Gasteiger partial charge >= 0.3 is 0 Å². The first-order valence-corrected chi connectivity index (χ1v) is 6.78. The largest absolute Gasteiger partial charge is 0.497 e. The predicted molar refractivity (Wildman–Crippen MR) is 80.3 cm³/mol. The number of nitrogens with zero attached hydrogens (tertiary/aromatic N) is 2. The van der Waals surface area contributed by atoms with Crippen molar-refractivity contribution in [1.29, 1.82) is 0 Å². The van der Waals surface area contributed by atoms with E-state index in [1.165, 1.54) is 0 Å². The van der Waals surface area contributed by atoms with Crippen LogP contribution in [0.5, 0.6) is 17.2 Å². The van der Waals surface area contributed by atoms with E-state index in [4.69, 9.17) is 9.47 Å². The quantitative estimate of drug-likeness (QED) is 0.675. The molecule has 2 heterocycles. The van der Waals surface area contributed by atoms with E-state index < -0.39 is 0 Å². The molecular formula is C15H11BrN2O2. The van der Waals surface area contributed by atoms with E-state index in [0.29, 0.717) is 5.75 Å². The number of methoxy groups -OCH3 is 1. The minimum absolute atomic E-state index is 0.670. The van der Waals surface area contributed by atoms with Gasteiger partial charge in [-0.2, -0.15) is 0 Å². The van der Waals surface area contributed by atoms with Crippen LogP contribution in [-0.2, 0) is 0 Å². The van der Waals surface area contributed by atoms with Gasteiger partial charge in [-0.15, -0.1) is 0 Å². The number of ether oxygens (including phenoxy) is 2. The fourth-order valence-electron chi connectivity index (χ4n) is 1.87. The van der Waals surface area contributed by atoms with Gasteiger partial charge in [-0.3, -0.25) is 4.98 Å². The Morgan fingerprint density at radius 1 is 1.00 bits per heavy atom. The molecule has 3 aromatic rings. The highest BCUT2D eigenvalue weighted by molar-refractivity contribution is 9.10. The van der Waals surface area contributed by atoms with Gasteiger partial charge in [0.1, 0.15) is 21.9 Å². The average molecular weight is 331 g/mol. The lowest BCUT2D eigenvalue weighted by Crippen LogP contribution is -1.90. The van der Waals surface area contributed by atoms with Gasteiger partial charge in [0, 0.05) is 11.6 Å². The van der Waals surface area contributed by atoms with Crippen molar-refractivity contribution in [2.45, 2.75) is 0 Å². The molecule has 0 aliphatic heterocycles. The van der Waals surface area contributed by atoms with E-state index in [1.807, 2.05) is 36.4 Å². The summed E-state index contributed by atoms with van der Waals surface area (Å²) in [5.74, 6) is 2.16. The van der Waals surface area contributed by atoms with Crippen LogP contribution in [0, 0.1) is 0 Å². The normalized spacial score (nSPS) is 10.5. The van der Waals surface area contributed by atoms with E-state index in [-0.39, 0.29) is 0 Å². The Bertz CT molecular complexity index is 744. The molecule has 0 spiro atoms. The second-order valence-electron chi connectivity index (χ2n) is 4.11. The van der Waals surface area contributed by atoms with Crippen LogP contribution in [0.15, 0.2) is 53.4 Å². The summed E-state index contributed by atoms with van der Waals surface area (Å²) in [7, 11) is 1.64. The van der Waals surface area contributed by atoms with Gasteiger partial charge in [0.25, 0.3) is 0 Å². The average Bonchev–Trinajstić information content (AvgIpc) is 2.49. The molecule has 3 rings (SSSR count). The van der Waals surface area contributed by atoms with Gasteiger partial charge in [-0.05, 0) is 52.3 Å². The molecule has 0 amide bonds. The van der Waals surface area contributed by atoms with Crippen LogP contribution < -0.4 is 9.47 Å². The summed E-state index contributed by atoms with van der Waals surface area (Å²) in [6.45, 7) is 0. The summed E-state index contributed by atoms with van der Waals surface area (Å²) in [6.07, 6.45) is 3.38. The molecule has 0 fully saturated rings. The highest BCUT2D eigenvalue weighted by atomic mass is 79.9. The summed E-state index contributed by atoms with van der Waals surface area (Å²) < 4.78 is 11.9. The van der Waals surface area contributed by atoms with Gasteiger partial charge in [-0.25, -0.2) is 4.98 Å². The molecule has 0 saturated carbocycles. The van der Waals surface area contributed by atoms with Crippen LogP contribution in [0.25, 0.3) is 10.9 Å². The molecule has 0 unspecified atom stereocenters. The number of benzene rings is 1. The van der Waals surface area contributed by atoms with E-state index in [9.17, 15) is 0 Å². The van der Waals surface area contributed by atoms with Gasteiger partial charge in [0.15, 0.2) is 0 Å². The molecule has 0 bridgehead atoms. The van der Waals surface area contributed by atoms with Gasteiger partial charge in [0.2, 0.25) is 0 Å². The molecule has 0 radical (unpaired) electrons. The van der Waals surface area contributed by atoms with Crippen LogP contribution >= 0.6 is 15.9 Å². The first-order chi connectivity index (χ1) is 9.76. The highest BCUT2D eigenvalue weighted by Gasteiger charge is 2.06. The summed E-state index contributed by atoms with van der Waals surface area (Å²) in [4.78, 5) is 8.45. The monoisotopic (exact) mass is 330 g/mol. The van der Waals surface area contributed by atoms with Crippen LogP contribution in [0.3, 0.4) is 0 Å². The fraction of sp³-hybridized carbons (Fsp3) is 0.0667. The Balaban J connectivity index is 2.04. The second kappa shape index (κ2) is 5.46. The SMILES string of the molecule is COc1ccc2nccc(Oc3ccc(Br)nc3)c2c1. The summed E-state index contributed by atoms with van der Waals surface area (Å²) in [5, 5.41) is 0.898. The number of hydrogen-bond donors (Lipinski definition) is 0. The van der Waals surface area contributed by atoms with Crippen LogP contribution in [-0.4, -0.2) is 17.1 Å². The molecular weight excluding hydrogens is 320 g/mol. The number of fused-ring (bicyclic) bond motifs is 1. The van der Waals surface area contributed by atoms with Crippen LogP contribution in [0.4, 0.5) is 0 Å². The lowest BCUT2D eigenvalue weighted by Gasteiger charge is -2.09. The van der Waals surface area contributed by atoms with E-state index in [1.54, 1.807) is 19.5 Å². The molecule has 5 heteroatoms. The molecule has 100 valence electrons. The zero-order valence-corrected chi connectivity index (χ0v) is 12.3. The van der Waals surface area contributed by atoms with E-state index in [2.05, 4.69) is 25.9 Å². The van der Waals surface area contributed by atoms with Crippen molar-refractivity contribution in [2.24, 2.45) is 0 Å². The maximum absolute atomic E-state index is 5.87. The van der Waals surface area contributed by atoms with Crippen molar-refractivity contribution in [2.75, 3.05) is 7.11 Å². The maximum atomic E-state index is 5.87. The van der Waals surface area contributed by atoms with Crippen LogP contribution in [0.2, 0.25) is 0 Å². The molecule has 0 saturated heterocycles. The lowest BCUT2D eigenvalue weighted by atomic mass is 10.2. The number of aromatic nitrogens is 2. The molecule has 2 aromatic heterocycles. The summed E-state index contributed by atoms with van der Waals surface area (Å²) >= 11 is 3.30. The Labute approximate surface area is 124 Å².